The molecule has 0 saturated carbocycles. The Balaban J connectivity index is 1.71. The second kappa shape index (κ2) is 7.41. The number of anilines is 1. The molecule has 1 aliphatic rings. The van der Waals surface area contributed by atoms with E-state index in [2.05, 4.69) is 29.4 Å². The first-order valence-electron chi connectivity index (χ1n) is 7.47. The molecule has 20 heavy (non-hydrogen) atoms. The first kappa shape index (κ1) is 15.0. The Labute approximate surface area is 121 Å². The van der Waals surface area contributed by atoms with E-state index in [9.17, 15) is 4.79 Å². The molecule has 1 fully saturated rings. The van der Waals surface area contributed by atoms with E-state index in [0.717, 1.165) is 31.6 Å². The van der Waals surface area contributed by atoms with Crippen LogP contribution in [0.25, 0.3) is 0 Å². The van der Waals surface area contributed by atoms with Crippen molar-refractivity contribution < 1.29 is 4.79 Å². The van der Waals surface area contributed by atoms with Gasteiger partial charge < -0.3 is 10.6 Å². The monoisotopic (exact) mass is 275 g/mol. The maximum atomic E-state index is 12.0. The number of amides is 1. The quantitative estimate of drug-likeness (QED) is 0.865. The molecule has 0 radical (unpaired) electrons. The van der Waals surface area contributed by atoms with Gasteiger partial charge in [0.05, 0.1) is 6.54 Å². The van der Waals surface area contributed by atoms with Crippen LogP contribution in [0.5, 0.6) is 0 Å². The fourth-order valence-electron chi connectivity index (χ4n) is 2.65. The molecule has 0 atom stereocenters. The van der Waals surface area contributed by atoms with Gasteiger partial charge in [-0.2, -0.15) is 0 Å². The lowest BCUT2D eigenvalue weighted by atomic mass is 10.0. The lowest BCUT2D eigenvalue weighted by Crippen LogP contribution is -2.46. The molecule has 0 aliphatic carbocycles. The van der Waals surface area contributed by atoms with Crippen LogP contribution in [-0.2, 0) is 4.79 Å². The fourth-order valence-corrected chi connectivity index (χ4v) is 2.65. The number of nitrogens with zero attached hydrogens (tertiary/aromatic N) is 1. The van der Waals surface area contributed by atoms with Crippen LogP contribution < -0.4 is 10.6 Å². The Hall–Kier alpha value is -1.39. The predicted molar refractivity (Wildman–Crippen MR) is 82.8 cm³/mol. The van der Waals surface area contributed by atoms with Gasteiger partial charge in [0, 0.05) is 30.9 Å². The summed E-state index contributed by atoms with van der Waals surface area (Å²) in [5.41, 5.74) is 0.869. The van der Waals surface area contributed by atoms with Gasteiger partial charge in [0.2, 0.25) is 5.91 Å². The summed E-state index contributed by atoms with van der Waals surface area (Å²) in [6, 6.07) is 10.8. The summed E-state index contributed by atoms with van der Waals surface area (Å²) in [4.78, 5) is 14.2. The number of hydrogen-bond acceptors (Lipinski definition) is 3. The molecule has 0 unspecified atom stereocenters. The molecule has 1 amide bonds. The van der Waals surface area contributed by atoms with Crippen LogP contribution in [0.2, 0.25) is 0 Å². The van der Waals surface area contributed by atoms with Gasteiger partial charge in [-0.05, 0) is 25.0 Å². The zero-order valence-electron chi connectivity index (χ0n) is 12.4. The van der Waals surface area contributed by atoms with Crippen molar-refractivity contribution in [3.05, 3.63) is 30.3 Å². The third-order valence-electron chi connectivity index (χ3n) is 3.58. The average Bonchev–Trinajstić information content (AvgIpc) is 2.41. The number of hydrogen-bond donors (Lipinski definition) is 2. The highest BCUT2D eigenvalue weighted by atomic mass is 16.2. The highest BCUT2D eigenvalue weighted by molar-refractivity contribution is 5.92. The van der Waals surface area contributed by atoms with Crippen molar-refractivity contribution >= 4 is 11.6 Å². The fraction of sp³-hybridized carbons (Fsp3) is 0.562. The third-order valence-corrected chi connectivity index (χ3v) is 3.58. The van der Waals surface area contributed by atoms with Crippen LogP contribution >= 0.6 is 0 Å². The Morgan fingerprint density at radius 1 is 1.25 bits per heavy atom. The van der Waals surface area contributed by atoms with Crippen molar-refractivity contribution in [1.82, 2.24) is 10.2 Å². The highest BCUT2D eigenvalue weighted by Gasteiger charge is 2.20. The number of piperidine rings is 1. The van der Waals surface area contributed by atoms with Crippen molar-refractivity contribution in [3.8, 4) is 0 Å². The van der Waals surface area contributed by atoms with Crippen molar-refractivity contribution in [3.63, 3.8) is 0 Å². The molecular formula is C16H25N3O. The lowest BCUT2D eigenvalue weighted by Gasteiger charge is -2.32. The Kier molecular flexibility index (Phi) is 5.56. The summed E-state index contributed by atoms with van der Waals surface area (Å²) in [6.45, 7) is 6.84. The largest absolute Gasteiger partial charge is 0.325 e. The van der Waals surface area contributed by atoms with Gasteiger partial charge in [0.25, 0.3) is 0 Å². The van der Waals surface area contributed by atoms with Crippen LogP contribution in [-0.4, -0.2) is 42.5 Å². The van der Waals surface area contributed by atoms with Gasteiger partial charge in [0.1, 0.15) is 0 Å². The van der Waals surface area contributed by atoms with Crippen LogP contribution in [0.3, 0.4) is 0 Å². The summed E-state index contributed by atoms with van der Waals surface area (Å²) in [5.74, 6) is 0.0754. The Bertz CT molecular complexity index is 411. The van der Waals surface area contributed by atoms with Crippen molar-refractivity contribution in [2.45, 2.75) is 38.8 Å². The second-order valence-electron chi connectivity index (χ2n) is 5.79. The van der Waals surface area contributed by atoms with E-state index in [0.29, 0.717) is 18.6 Å². The number of carbonyl (C=O) groups is 1. The molecule has 1 aliphatic heterocycles. The van der Waals surface area contributed by atoms with Crippen LogP contribution in [0.1, 0.15) is 26.7 Å². The molecule has 2 N–H and O–H groups in total. The molecule has 1 aromatic carbocycles. The van der Waals surface area contributed by atoms with E-state index in [1.807, 2.05) is 30.3 Å². The van der Waals surface area contributed by atoms with Gasteiger partial charge in [0.15, 0.2) is 0 Å². The molecule has 4 nitrogen and oxygen atoms in total. The number of likely N-dealkylation sites (tertiary alicyclic amines) is 1. The average molecular weight is 275 g/mol. The lowest BCUT2D eigenvalue weighted by molar-refractivity contribution is -0.117. The van der Waals surface area contributed by atoms with Gasteiger partial charge in [-0.15, -0.1) is 0 Å². The minimum Gasteiger partial charge on any atom is -0.325 e. The number of nitrogens with one attached hydrogen (secondary N) is 2. The summed E-state index contributed by atoms with van der Waals surface area (Å²) < 4.78 is 0. The summed E-state index contributed by atoms with van der Waals surface area (Å²) >= 11 is 0. The maximum Gasteiger partial charge on any atom is 0.238 e. The van der Waals surface area contributed by atoms with E-state index in [4.69, 9.17) is 0 Å². The molecule has 0 aromatic heterocycles. The van der Waals surface area contributed by atoms with Gasteiger partial charge in [-0.25, -0.2) is 0 Å². The second-order valence-corrected chi connectivity index (χ2v) is 5.79. The van der Waals surface area contributed by atoms with Gasteiger partial charge in [-0.1, -0.05) is 32.0 Å². The summed E-state index contributed by atoms with van der Waals surface area (Å²) in [6.07, 6.45) is 2.24. The van der Waals surface area contributed by atoms with E-state index in [1.54, 1.807) is 0 Å². The number of para-hydroxylation sites is 1. The molecule has 0 bridgehead atoms. The summed E-state index contributed by atoms with van der Waals surface area (Å²) in [5, 5.41) is 6.50. The summed E-state index contributed by atoms with van der Waals surface area (Å²) in [7, 11) is 0. The van der Waals surface area contributed by atoms with E-state index < -0.39 is 0 Å². The van der Waals surface area contributed by atoms with Crippen LogP contribution in [0.15, 0.2) is 30.3 Å². The Morgan fingerprint density at radius 2 is 1.90 bits per heavy atom. The molecule has 2 rings (SSSR count). The number of carbonyl (C=O) groups excluding carboxylic acids is 1. The standard InChI is InChI=1S/C16H25N3O/c1-13(2)17-15-8-10-19(11-9-15)12-16(20)18-14-6-4-3-5-7-14/h3-7,13,15,17H,8-12H2,1-2H3,(H,18,20). The minimum absolute atomic E-state index is 0.0754. The predicted octanol–water partition coefficient (Wildman–Crippen LogP) is 2.09. The van der Waals surface area contributed by atoms with E-state index in [-0.39, 0.29) is 5.91 Å². The normalized spacial score (nSPS) is 17.4. The molecule has 4 heteroatoms. The molecule has 1 saturated heterocycles. The number of benzene rings is 1. The topological polar surface area (TPSA) is 44.4 Å². The first-order chi connectivity index (χ1) is 9.63. The zero-order valence-corrected chi connectivity index (χ0v) is 12.4. The van der Waals surface area contributed by atoms with Gasteiger partial charge in [-0.3, -0.25) is 9.69 Å². The van der Waals surface area contributed by atoms with Crippen molar-refractivity contribution in [2.75, 3.05) is 25.0 Å². The molecule has 1 heterocycles. The van der Waals surface area contributed by atoms with E-state index >= 15 is 0 Å². The van der Waals surface area contributed by atoms with Gasteiger partial charge >= 0.3 is 0 Å². The SMILES string of the molecule is CC(C)NC1CCN(CC(=O)Nc2ccccc2)CC1. The van der Waals surface area contributed by atoms with Crippen LogP contribution in [0.4, 0.5) is 5.69 Å². The van der Waals surface area contributed by atoms with Crippen molar-refractivity contribution in [2.24, 2.45) is 0 Å². The molecule has 110 valence electrons. The van der Waals surface area contributed by atoms with Crippen LogP contribution in [0, 0.1) is 0 Å². The highest BCUT2D eigenvalue weighted by Crippen LogP contribution is 2.11. The minimum atomic E-state index is 0.0754. The first-order valence-corrected chi connectivity index (χ1v) is 7.47. The molecule has 1 aromatic rings. The zero-order chi connectivity index (χ0) is 14.4. The molecule has 0 spiro atoms. The number of rotatable bonds is 5. The maximum absolute atomic E-state index is 12.0. The van der Waals surface area contributed by atoms with E-state index in [1.165, 1.54) is 0 Å². The third kappa shape index (κ3) is 4.94. The molecular weight excluding hydrogens is 250 g/mol. The van der Waals surface area contributed by atoms with Crippen molar-refractivity contribution in [1.29, 1.82) is 0 Å². The smallest absolute Gasteiger partial charge is 0.238 e. The Morgan fingerprint density at radius 3 is 2.50 bits per heavy atom.